The third-order valence-corrected chi connectivity index (χ3v) is 11.1. The maximum Gasteiger partial charge on any atom is 0.490 e. The molecule has 3 aliphatic rings. The van der Waals surface area contributed by atoms with Crippen LogP contribution in [0.25, 0.3) is 10.9 Å². The predicted molar refractivity (Wildman–Crippen MR) is 183 cm³/mol. The average molecular weight is 728 g/mol. The third-order valence-electron chi connectivity index (χ3n) is 8.72. The van der Waals surface area contributed by atoms with E-state index in [2.05, 4.69) is 20.6 Å². The largest absolute Gasteiger partial charge is 0.490 e. The fourth-order valence-electron chi connectivity index (χ4n) is 6.02. The summed E-state index contributed by atoms with van der Waals surface area (Å²) in [5.41, 5.74) is 5.65. The number of hydrogen-bond donors (Lipinski definition) is 4. The van der Waals surface area contributed by atoms with Gasteiger partial charge >= 0.3 is 12.1 Å². The first-order valence-corrected chi connectivity index (χ1v) is 17.6. The Morgan fingerprint density at radius 3 is 2.29 bits per heavy atom. The average Bonchev–Trinajstić information content (AvgIpc) is 3.91. The minimum absolute atomic E-state index is 0.0133. The molecule has 12 nitrogen and oxygen atoms in total. The van der Waals surface area contributed by atoms with Crippen molar-refractivity contribution >= 4 is 49.9 Å². The molecule has 4 aromatic rings. The zero-order valence-electron chi connectivity index (χ0n) is 27.9. The number of nitrogens with zero attached hydrogens (tertiary/aromatic N) is 2. The summed E-state index contributed by atoms with van der Waals surface area (Å²) in [6, 6.07) is 13.1. The van der Waals surface area contributed by atoms with Gasteiger partial charge in [-0.3, -0.25) is 14.4 Å². The molecule has 2 amide bonds. The highest BCUT2D eigenvalue weighted by atomic mass is 32.2. The summed E-state index contributed by atoms with van der Waals surface area (Å²) >= 11 is 0. The van der Waals surface area contributed by atoms with Crippen LogP contribution in [0, 0.1) is 13.8 Å². The fraction of sp³-hybridized carbons (Fsp3) is 0.343. The van der Waals surface area contributed by atoms with Gasteiger partial charge in [0.05, 0.1) is 27.4 Å². The van der Waals surface area contributed by atoms with Gasteiger partial charge < -0.3 is 25.6 Å². The Labute approximate surface area is 291 Å². The van der Waals surface area contributed by atoms with Crippen LogP contribution >= 0.6 is 0 Å². The van der Waals surface area contributed by atoms with Gasteiger partial charge in [0.1, 0.15) is 6.04 Å². The van der Waals surface area contributed by atoms with E-state index < -0.39 is 33.3 Å². The number of nitrogens with one attached hydrogen (secondary N) is 3. The highest BCUT2D eigenvalue weighted by Gasteiger charge is 2.39. The maximum atomic E-state index is 14.3. The second kappa shape index (κ2) is 14.5. The van der Waals surface area contributed by atoms with Crippen LogP contribution in [0.1, 0.15) is 59.5 Å². The van der Waals surface area contributed by atoms with Crippen molar-refractivity contribution in [2.45, 2.75) is 74.9 Å². The Morgan fingerprint density at radius 1 is 1.00 bits per heavy atom. The monoisotopic (exact) mass is 727 g/mol. The van der Waals surface area contributed by atoms with Crippen LogP contribution in [-0.2, 0) is 37.2 Å². The Balaban J connectivity index is 0.000000654. The van der Waals surface area contributed by atoms with E-state index in [0.29, 0.717) is 59.9 Å². The minimum Gasteiger partial charge on any atom is -0.475 e. The SMILES string of the molecule is Cc1cc2cc(C)c1CCCC(=O)Nc1ccc(S(=O)(=O)C3CC3)c(c1)CN(C)C(=O)C2Nc1ccc2nc[nH]c(=O)c2c1.O=C(O)C(F)(F)F. The summed E-state index contributed by atoms with van der Waals surface area (Å²) in [6.07, 6.45) is -0.863. The van der Waals surface area contributed by atoms with Crippen molar-refractivity contribution in [3.8, 4) is 0 Å². The highest BCUT2D eigenvalue weighted by molar-refractivity contribution is 7.92. The lowest BCUT2D eigenvalue weighted by atomic mass is 9.92. The van der Waals surface area contributed by atoms with Crippen molar-refractivity contribution < 1.29 is 41.1 Å². The highest BCUT2D eigenvalue weighted by Crippen LogP contribution is 2.36. The lowest BCUT2D eigenvalue weighted by Crippen LogP contribution is -2.35. The van der Waals surface area contributed by atoms with Gasteiger partial charge in [0.25, 0.3) is 5.56 Å². The predicted octanol–water partition coefficient (Wildman–Crippen LogP) is 5.20. The van der Waals surface area contributed by atoms with Gasteiger partial charge in [0.15, 0.2) is 9.84 Å². The molecule has 16 heteroatoms. The molecule has 1 aliphatic carbocycles. The number of carboxylic acid groups (broad SMARTS) is 1. The van der Waals surface area contributed by atoms with E-state index in [0.717, 1.165) is 22.3 Å². The van der Waals surface area contributed by atoms with Crippen molar-refractivity contribution in [2.75, 3.05) is 17.7 Å². The third kappa shape index (κ3) is 8.56. The van der Waals surface area contributed by atoms with Gasteiger partial charge in [-0.2, -0.15) is 13.2 Å². The number of aromatic amines is 1. The number of carbonyl (C=O) groups excluding carboxylic acids is 2. The molecule has 1 unspecified atom stereocenters. The number of anilines is 2. The topological polar surface area (TPSA) is 179 Å². The number of halogens is 3. The zero-order chi connectivity index (χ0) is 37.2. The molecule has 1 atom stereocenters. The minimum atomic E-state index is -5.08. The number of aliphatic carboxylic acids is 1. The molecular formula is C35H36F3N5O7S. The molecule has 51 heavy (non-hydrogen) atoms. The van der Waals surface area contributed by atoms with Crippen LogP contribution in [0.3, 0.4) is 0 Å². The maximum absolute atomic E-state index is 14.3. The molecule has 4 bridgehead atoms. The van der Waals surface area contributed by atoms with Gasteiger partial charge in [-0.25, -0.2) is 18.2 Å². The second-order valence-corrected chi connectivity index (χ2v) is 14.8. The summed E-state index contributed by atoms with van der Waals surface area (Å²) in [4.78, 5) is 57.0. The van der Waals surface area contributed by atoms with Gasteiger partial charge in [-0.15, -0.1) is 0 Å². The smallest absolute Gasteiger partial charge is 0.475 e. The van der Waals surface area contributed by atoms with Crippen LogP contribution in [-0.4, -0.2) is 64.6 Å². The van der Waals surface area contributed by atoms with Crippen LogP contribution in [0.2, 0.25) is 0 Å². The van der Waals surface area contributed by atoms with Gasteiger partial charge in [0.2, 0.25) is 11.8 Å². The number of hydrogen-bond acceptors (Lipinski definition) is 8. The van der Waals surface area contributed by atoms with Crippen molar-refractivity contribution in [1.82, 2.24) is 14.9 Å². The summed E-state index contributed by atoms with van der Waals surface area (Å²) in [6.45, 7) is 4.02. The number of rotatable bonds is 4. The first kappa shape index (κ1) is 37.0. The number of aromatic nitrogens is 2. The summed E-state index contributed by atoms with van der Waals surface area (Å²) in [7, 11) is -1.94. The molecule has 4 N–H and O–H groups in total. The number of carbonyl (C=O) groups is 3. The molecule has 0 radical (unpaired) electrons. The molecule has 0 saturated heterocycles. The van der Waals surface area contributed by atoms with E-state index in [1.54, 1.807) is 43.4 Å². The van der Waals surface area contributed by atoms with E-state index >= 15 is 0 Å². The van der Waals surface area contributed by atoms with Gasteiger partial charge in [0, 0.05) is 31.4 Å². The number of aryl methyl sites for hydroxylation is 2. The Bertz CT molecular complexity index is 2160. The number of sulfone groups is 1. The fourth-order valence-corrected chi connectivity index (χ4v) is 7.88. The first-order valence-electron chi connectivity index (χ1n) is 16.0. The van der Waals surface area contributed by atoms with Crippen molar-refractivity contribution in [1.29, 1.82) is 0 Å². The molecule has 1 fully saturated rings. The second-order valence-electron chi connectivity index (χ2n) is 12.6. The van der Waals surface area contributed by atoms with Crippen molar-refractivity contribution in [2.24, 2.45) is 0 Å². The lowest BCUT2D eigenvalue weighted by molar-refractivity contribution is -0.192. The molecular weight excluding hydrogens is 691 g/mol. The standard InChI is InChI=1S/C33H35N5O5S.C2HF3O2/c1-19-13-21-14-20(2)26(19)5-4-6-30(39)36-23-8-12-29(44(42,43)25-9-10-25)22(15-23)17-38(3)33(41)31(21)37-24-7-11-28-27(16-24)32(40)35-18-34-28;3-2(4,5)1(6)7/h7-8,11-16,18,25,31,37H,4-6,9-10,17H2,1-3H3,(H,36,39)(H,34,35,40);(H,6,7). The number of fused-ring (bicyclic) bond motifs is 10. The number of alkyl halides is 3. The van der Waals surface area contributed by atoms with Crippen LogP contribution in [0.15, 0.2) is 64.5 Å². The van der Waals surface area contributed by atoms with Crippen molar-refractivity contribution in [3.05, 3.63) is 93.0 Å². The summed E-state index contributed by atoms with van der Waals surface area (Å²) < 4.78 is 58.5. The zero-order valence-corrected chi connectivity index (χ0v) is 28.7. The molecule has 3 aromatic carbocycles. The van der Waals surface area contributed by atoms with Gasteiger partial charge in [-0.1, -0.05) is 12.1 Å². The van der Waals surface area contributed by atoms with E-state index in [-0.39, 0.29) is 28.8 Å². The quantitative estimate of drug-likeness (QED) is 0.220. The molecule has 0 spiro atoms. The normalized spacial score (nSPS) is 17.1. The first-order chi connectivity index (χ1) is 23.9. The van der Waals surface area contributed by atoms with Crippen LogP contribution in [0.5, 0.6) is 0 Å². The Hall–Kier alpha value is -5.25. The number of benzene rings is 3. The molecule has 3 heterocycles. The van der Waals surface area contributed by atoms with Crippen molar-refractivity contribution in [3.63, 3.8) is 0 Å². The van der Waals surface area contributed by atoms with Gasteiger partial charge in [-0.05, 0) is 104 Å². The summed E-state index contributed by atoms with van der Waals surface area (Å²) in [5, 5.41) is 13.4. The summed E-state index contributed by atoms with van der Waals surface area (Å²) in [5.74, 6) is -3.19. The molecule has 1 aromatic heterocycles. The van der Waals surface area contributed by atoms with E-state index in [1.165, 1.54) is 11.2 Å². The van der Waals surface area contributed by atoms with Crippen LogP contribution in [0.4, 0.5) is 24.5 Å². The van der Waals surface area contributed by atoms with Crippen LogP contribution < -0.4 is 16.2 Å². The number of carboxylic acids is 1. The number of amides is 2. The number of H-pyrrole nitrogens is 1. The lowest BCUT2D eigenvalue weighted by Gasteiger charge is -2.28. The molecule has 7 rings (SSSR count). The number of likely N-dealkylation sites (N-methyl/N-ethyl adjacent to an activating group) is 1. The van der Waals surface area contributed by atoms with E-state index in [1.807, 2.05) is 26.0 Å². The Morgan fingerprint density at radius 2 is 1.67 bits per heavy atom. The van der Waals surface area contributed by atoms with E-state index in [9.17, 15) is 36.0 Å². The molecule has 1 saturated carbocycles. The molecule has 2 aliphatic heterocycles. The van der Waals surface area contributed by atoms with E-state index in [4.69, 9.17) is 9.90 Å². The molecule has 270 valence electrons. The Kier molecular flexibility index (Phi) is 10.6.